The van der Waals surface area contributed by atoms with Gasteiger partial charge in [0.05, 0.1) is 17.7 Å². The Bertz CT molecular complexity index is 919. The summed E-state index contributed by atoms with van der Waals surface area (Å²) in [6.45, 7) is 0.326. The first kappa shape index (κ1) is 15.2. The Morgan fingerprint density at radius 2 is 1.88 bits per heavy atom. The monoisotopic (exact) mass is 343 g/mol. The Kier molecular flexibility index (Phi) is 3.38. The van der Waals surface area contributed by atoms with E-state index in [4.69, 9.17) is 4.74 Å². The maximum Gasteiger partial charge on any atom is 0.264 e. The van der Waals surface area contributed by atoms with Gasteiger partial charge in [0.15, 0.2) is 0 Å². The average molecular weight is 343 g/mol. The second kappa shape index (κ2) is 5.34. The van der Waals surface area contributed by atoms with Crippen molar-refractivity contribution in [1.29, 1.82) is 0 Å². The minimum absolute atomic E-state index is 0.0366. The number of nitrogens with zero attached hydrogens (tertiary/aromatic N) is 1. The summed E-state index contributed by atoms with van der Waals surface area (Å²) in [6, 6.07) is 12.0. The highest BCUT2D eigenvalue weighted by Crippen LogP contribution is 2.45. The van der Waals surface area contributed by atoms with Gasteiger partial charge in [-0.3, -0.25) is 9.10 Å². The fourth-order valence-electron chi connectivity index (χ4n) is 3.66. The average Bonchev–Trinajstić information content (AvgIpc) is 2.96. The highest BCUT2D eigenvalue weighted by molar-refractivity contribution is 7.92. The van der Waals surface area contributed by atoms with Crippen molar-refractivity contribution in [3.05, 3.63) is 53.6 Å². The topological polar surface area (TPSA) is 63.7 Å². The van der Waals surface area contributed by atoms with E-state index in [9.17, 15) is 13.2 Å². The van der Waals surface area contributed by atoms with Crippen LogP contribution in [0.3, 0.4) is 0 Å². The van der Waals surface area contributed by atoms with Gasteiger partial charge < -0.3 is 4.74 Å². The Hall–Kier alpha value is -2.34. The normalized spacial score (nSPS) is 19.3. The van der Waals surface area contributed by atoms with Crippen LogP contribution in [0.15, 0.2) is 47.4 Å². The highest BCUT2D eigenvalue weighted by atomic mass is 32.2. The van der Waals surface area contributed by atoms with Crippen molar-refractivity contribution in [3.8, 4) is 5.75 Å². The zero-order valence-electron chi connectivity index (χ0n) is 13.2. The van der Waals surface area contributed by atoms with Gasteiger partial charge in [-0.05, 0) is 41.5 Å². The summed E-state index contributed by atoms with van der Waals surface area (Å²) < 4.78 is 32.7. The van der Waals surface area contributed by atoms with E-state index >= 15 is 0 Å². The van der Waals surface area contributed by atoms with E-state index in [1.807, 2.05) is 18.2 Å². The highest BCUT2D eigenvalue weighted by Gasteiger charge is 2.40. The van der Waals surface area contributed by atoms with Crippen molar-refractivity contribution in [2.45, 2.75) is 23.7 Å². The molecule has 0 bridgehead atoms. The molecule has 0 N–H and O–H groups in total. The molecule has 1 atom stereocenters. The van der Waals surface area contributed by atoms with Crippen LogP contribution in [0.5, 0.6) is 5.75 Å². The molecular formula is C18H17NO4S. The molecule has 0 saturated heterocycles. The fraction of sp³-hybridized carbons (Fsp3) is 0.278. The van der Waals surface area contributed by atoms with Crippen molar-refractivity contribution in [2.24, 2.45) is 0 Å². The lowest BCUT2D eigenvalue weighted by molar-refractivity contribution is -0.119. The Balaban J connectivity index is 1.78. The first-order valence-electron chi connectivity index (χ1n) is 7.81. The summed E-state index contributed by atoms with van der Waals surface area (Å²) in [5.74, 6) is 0.748. The number of hydrogen-bond donors (Lipinski definition) is 0. The van der Waals surface area contributed by atoms with Crippen molar-refractivity contribution in [3.63, 3.8) is 0 Å². The molecule has 5 nitrogen and oxygen atoms in total. The van der Waals surface area contributed by atoms with Crippen LogP contribution in [0.25, 0.3) is 0 Å². The van der Waals surface area contributed by atoms with Crippen molar-refractivity contribution >= 4 is 21.5 Å². The second-order valence-corrected chi connectivity index (χ2v) is 8.04. The molecule has 2 aromatic rings. The van der Waals surface area contributed by atoms with E-state index in [2.05, 4.69) is 0 Å². The van der Waals surface area contributed by atoms with E-state index < -0.39 is 10.0 Å². The number of carbonyl (C=O) groups is 1. The minimum atomic E-state index is -3.66. The van der Waals surface area contributed by atoms with Crippen LogP contribution in [0, 0.1) is 0 Å². The molecule has 1 aliphatic heterocycles. The van der Waals surface area contributed by atoms with Crippen LogP contribution in [-0.4, -0.2) is 27.9 Å². The van der Waals surface area contributed by atoms with Crippen LogP contribution in [0.1, 0.15) is 23.5 Å². The van der Waals surface area contributed by atoms with Gasteiger partial charge >= 0.3 is 0 Å². The standard InChI is InChI=1S/C18H17NO4S/c1-23-15-5-7-16(8-6-15)24(21,22)19-11-13-10-14(20)9-12-3-2-4-17(19)18(12)13/h2-8,13H,9-11H2,1H3. The molecule has 0 aromatic heterocycles. The van der Waals surface area contributed by atoms with E-state index in [0.717, 1.165) is 11.1 Å². The van der Waals surface area contributed by atoms with Crippen molar-refractivity contribution in [2.75, 3.05) is 18.0 Å². The summed E-state index contributed by atoms with van der Waals surface area (Å²) in [5.41, 5.74) is 2.69. The number of anilines is 1. The SMILES string of the molecule is COc1ccc(S(=O)(=O)N2CC3CC(=O)Cc4cccc2c43)cc1. The molecule has 0 radical (unpaired) electrons. The van der Waals surface area contributed by atoms with Crippen LogP contribution in [0.2, 0.25) is 0 Å². The molecule has 0 saturated carbocycles. The largest absolute Gasteiger partial charge is 0.497 e. The van der Waals surface area contributed by atoms with Crippen molar-refractivity contribution in [1.82, 2.24) is 0 Å². The van der Waals surface area contributed by atoms with Crippen LogP contribution >= 0.6 is 0 Å². The van der Waals surface area contributed by atoms with Crippen LogP contribution in [-0.2, 0) is 21.2 Å². The first-order valence-corrected chi connectivity index (χ1v) is 9.25. The number of carbonyl (C=O) groups excluding carboxylic acids is 1. The van der Waals surface area contributed by atoms with E-state index in [1.54, 1.807) is 31.4 Å². The number of sulfonamides is 1. The predicted molar refractivity (Wildman–Crippen MR) is 90.0 cm³/mol. The third kappa shape index (κ3) is 2.21. The van der Waals surface area contributed by atoms with E-state index in [1.165, 1.54) is 4.31 Å². The molecular weight excluding hydrogens is 326 g/mol. The van der Waals surface area contributed by atoms with Crippen LogP contribution < -0.4 is 9.04 Å². The summed E-state index contributed by atoms with van der Waals surface area (Å²) in [4.78, 5) is 12.2. The Morgan fingerprint density at radius 1 is 1.12 bits per heavy atom. The van der Waals surface area contributed by atoms with Gasteiger partial charge in [-0.1, -0.05) is 12.1 Å². The molecule has 24 heavy (non-hydrogen) atoms. The zero-order valence-corrected chi connectivity index (χ0v) is 14.0. The molecule has 2 aromatic carbocycles. The predicted octanol–water partition coefficient (Wildman–Crippen LogP) is 2.50. The van der Waals surface area contributed by atoms with Crippen molar-refractivity contribution < 1.29 is 17.9 Å². The van der Waals surface area contributed by atoms with E-state index in [0.29, 0.717) is 30.8 Å². The second-order valence-electron chi connectivity index (χ2n) is 6.18. The lowest BCUT2D eigenvalue weighted by atomic mass is 9.83. The summed E-state index contributed by atoms with van der Waals surface area (Å²) in [6.07, 6.45) is 0.814. The van der Waals surface area contributed by atoms with Gasteiger partial charge in [-0.15, -0.1) is 0 Å². The van der Waals surface area contributed by atoms with Gasteiger partial charge in [0, 0.05) is 25.3 Å². The molecule has 1 aliphatic carbocycles. The molecule has 2 aliphatic rings. The molecule has 0 spiro atoms. The summed E-state index contributed by atoms with van der Waals surface area (Å²) >= 11 is 0. The fourth-order valence-corrected chi connectivity index (χ4v) is 5.19. The van der Waals surface area contributed by atoms with Gasteiger partial charge in [-0.25, -0.2) is 8.42 Å². The summed E-state index contributed by atoms with van der Waals surface area (Å²) in [7, 11) is -2.12. The third-order valence-electron chi connectivity index (χ3n) is 4.75. The lowest BCUT2D eigenvalue weighted by Gasteiger charge is -2.20. The number of rotatable bonds is 3. The number of benzene rings is 2. The number of hydrogen-bond acceptors (Lipinski definition) is 4. The molecule has 124 valence electrons. The molecule has 1 unspecified atom stereocenters. The zero-order chi connectivity index (χ0) is 16.9. The Labute approximate surface area is 140 Å². The molecule has 4 rings (SSSR count). The van der Waals surface area contributed by atoms with Gasteiger partial charge in [0.2, 0.25) is 0 Å². The maximum absolute atomic E-state index is 13.1. The number of Topliss-reactive ketones (excluding diaryl/α,β-unsaturated/α-hetero) is 1. The maximum atomic E-state index is 13.1. The smallest absolute Gasteiger partial charge is 0.264 e. The molecule has 6 heteroatoms. The third-order valence-corrected chi connectivity index (χ3v) is 6.54. The molecule has 1 heterocycles. The molecule has 0 amide bonds. The first-order chi connectivity index (χ1) is 11.5. The number of ketones is 1. The Morgan fingerprint density at radius 3 is 2.58 bits per heavy atom. The molecule has 0 fully saturated rings. The quantitative estimate of drug-likeness (QED) is 0.859. The van der Waals surface area contributed by atoms with Gasteiger partial charge in [0.25, 0.3) is 10.0 Å². The van der Waals surface area contributed by atoms with Gasteiger partial charge in [-0.2, -0.15) is 0 Å². The van der Waals surface area contributed by atoms with E-state index in [-0.39, 0.29) is 16.6 Å². The van der Waals surface area contributed by atoms with Gasteiger partial charge in [0.1, 0.15) is 11.5 Å². The summed E-state index contributed by atoms with van der Waals surface area (Å²) in [5, 5.41) is 0. The van der Waals surface area contributed by atoms with Crippen LogP contribution in [0.4, 0.5) is 5.69 Å². The number of methoxy groups -OCH3 is 1. The number of ether oxygens (including phenoxy) is 1. The minimum Gasteiger partial charge on any atom is -0.497 e. The lowest BCUT2D eigenvalue weighted by Crippen LogP contribution is -2.30.